The first-order valence-corrected chi connectivity index (χ1v) is 8.70. The number of ether oxygens (including phenoxy) is 1. The van der Waals surface area contributed by atoms with E-state index in [1.807, 2.05) is 18.2 Å². The molecule has 0 bridgehead atoms. The fourth-order valence-electron chi connectivity index (χ4n) is 2.88. The van der Waals surface area contributed by atoms with Gasteiger partial charge in [0.1, 0.15) is 0 Å². The van der Waals surface area contributed by atoms with Crippen molar-refractivity contribution in [3.8, 4) is 17.1 Å². The highest BCUT2D eigenvalue weighted by molar-refractivity contribution is 6.34. The largest absolute Gasteiger partial charge is 0.480 e. The van der Waals surface area contributed by atoms with Gasteiger partial charge in [-0.3, -0.25) is 4.79 Å². The number of methoxy groups -OCH3 is 1. The highest BCUT2D eigenvalue weighted by Crippen LogP contribution is 2.31. The van der Waals surface area contributed by atoms with E-state index in [1.54, 1.807) is 19.5 Å². The van der Waals surface area contributed by atoms with E-state index in [-0.39, 0.29) is 11.9 Å². The van der Waals surface area contributed by atoms with Gasteiger partial charge < -0.3 is 20.4 Å². The zero-order chi connectivity index (χ0) is 18.1. The van der Waals surface area contributed by atoms with Crippen LogP contribution in [0.4, 0.5) is 0 Å². The minimum Gasteiger partial charge on any atom is -0.480 e. The molecule has 8 heteroatoms. The summed E-state index contributed by atoms with van der Waals surface area (Å²) >= 11 is 6.43. The normalized spacial score (nSPS) is 16.3. The van der Waals surface area contributed by atoms with Crippen LogP contribution in [-0.4, -0.2) is 40.6 Å². The first-order valence-electron chi connectivity index (χ1n) is 8.32. The molecule has 26 heavy (non-hydrogen) atoms. The van der Waals surface area contributed by atoms with Gasteiger partial charge in [-0.25, -0.2) is 9.97 Å². The predicted molar refractivity (Wildman–Crippen MR) is 99.1 cm³/mol. The molecule has 0 radical (unpaired) electrons. The topological polar surface area (TPSA) is 91.9 Å². The molecule has 7 nitrogen and oxygen atoms in total. The average molecular weight is 372 g/mol. The number of nitrogens with zero attached hydrogens (tertiary/aromatic N) is 2. The van der Waals surface area contributed by atoms with Crippen LogP contribution in [-0.2, 0) is 11.3 Å². The van der Waals surface area contributed by atoms with Crippen LogP contribution in [0.2, 0.25) is 5.02 Å². The van der Waals surface area contributed by atoms with Gasteiger partial charge in [0.05, 0.1) is 42.8 Å². The third kappa shape index (κ3) is 3.23. The molecule has 3 aromatic rings. The van der Waals surface area contributed by atoms with Gasteiger partial charge in [-0.2, -0.15) is 0 Å². The Kier molecular flexibility index (Phi) is 4.48. The molecule has 1 aromatic carbocycles. The number of carbonyl (C=O) groups excluding carboxylic acids is 1. The Balaban J connectivity index is 1.56. The second-order valence-electron chi connectivity index (χ2n) is 6.17. The molecular weight excluding hydrogens is 354 g/mol. The van der Waals surface area contributed by atoms with E-state index < -0.39 is 0 Å². The van der Waals surface area contributed by atoms with Gasteiger partial charge in [0, 0.05) is 22.2 Å². The lowest BCUT2D eigenvalue weighted by atomic mass is 10.1. The van der Waals surface area contributed by atoms with Crippen LogP contribution in [0.25, 0.3) is 22.2 Å². The first-order chi connectivity index (χ1) is 12.6. The highest BCUT2D eigenvalue weighted by Gasteiger charge is 2.24. The summed E-state index contributed by atoms with van der Waals surface area (Å²) in [7, 11) is 1.54. The monoisotopic (exact) mass is 371 g/mol. The van der Waals surface area contributed by atoms with E-state index >= 15 is 0 Å². The van der Waals surface area contributed by atoms with Gasteiger partial charge >= 0.3 is 0 Å². The van der Waals surface area contributed by atoms with Crippen molar-refractivity contribution in [1.82, 2.24) is 25.6 Å². The molecule has 1 saturated heterocycles. The summed E-state index contributed by atoms with van der Waals surface area (Å²) in [6, 6.07) is 5.74. The molecule has 1 aliphatic rings. The molecule has 4 rings (SSSR count). The lowest BCUT2D eigenvalue weighted by molar-refractivity contribution is -0.124. The fraction of sp³-hybridized carbons (Fsp3) is 0.278. The molecule has 3 heterocycles. The van der Waals surface area contributed by atoms with Crippen LogP contribution in [0.5, 0.6) is 5.88 Å². The maximum Gasteiger partial charge on any atom is 0.237 e. The van der Waals surface area contributed by atoms with Gasteiger partial charge in [0.15, 0.2) is 0 Å². The molecule has 1 amide bonds. The van der Waals surface area contributed by atoms with Crippen LogP contribution in [0.3, 0.4) is 0 Å². The van der Waals surface area contributed by atoms with Crippen LogP contribution in [0, 0.1) is 0 Å². The number of nitrogens with one attached hydrogen (secondary N) is 3. The van der Waals surface area contributed by atoms with E-state index in [9.17, 15) is 4.79 Å². The van der Waals surface area contributed by atoms with Crippen molar-refractivity contribution in [2.24, 2.45) is 0 Å². The number of amides is 1. The van der Waals surface area contributed by atoms with Crippen LogP contribution >= 0.6 is 11.6 Å². The Morgan fingerprint density at radius 2 is 2.19 bits per heavy atom. The minimum absolute atomic E-state index is 0.0298. The Morgan fingerprint density at radius 1 is 1.35 bits per heavy atom. The highest BCUT2D eigenvalue weighted by atomic mass is 35.5. The molecule has 0 spiro atoms. The van der Waals surface area contributed by atoms with Crippen molar-refractivity contribution in [1.29, 1.82) is 0 Å². The maximum atomic E-state index is 11.9. The van der Waals surface area contributed by atoms with Crippen molar-refractivity contribution >= 4 is 28.4 Å². The molecule has 1 fully saturated rings. The third-order valence-electron chi connectivity index (χ3n) is 4.47. The Morgan fingerprint density at radius 3 is 2.85 bits per heavy atom. The molecular formula is C18H18ClN5O2. The van der Waals surface area contributed by atoms with Crippen LogP contribution < -0.4 is 15.4 Å². The number of carbonyl (C=O) groups is 1. The fourth-order valence-corrected chi connectivity index (χ4v) is 3.15. The number of fused-ring (bicyclic) bond motifs is 1. The molecule has 0 saturated carbocycles. The van der Waals surface area contributed by atoms with Crippen molar-refractivity contribution < 1.29 is 9.53 Å². The molecule has 134 valence electrons. The Hall–Kier alpha value is -2.64. The van der Waals surface area contributed by atoms with Gasteiger partial charge in [-0.15, -0.1) is 0 Å². The summed E-state index contributed by atoms with van der Waals surface area (Å²) in [4.78, 5) is 23.8. The number of H-pyrrole nitrogens is 1. The number of aromatic nitrogens is 3. The van der Waals surface area contributed by atoms with Gasteiger partial charge in [-0.05, 0) is 31.2 Å². The van der Waals surface area contributed by atoms with E-state index in [1.165, 1.54) is 0 Å². The lowest BCUT2D eigenvalue weighted by Crippen LogP contribution is -2.52. The van der Waals surface area contributed by atoms with Gasteiger partial charge in [0.2, 0.25) is 11.8 Å². The lowest BCUT2D eigenvalue weighted by Gasteiger charge is -2.26. The molecule has 2 aromatic heterocycles. The van der Waals surface area contributed by atoms with E-state index in [0.717, 1.165) is 35.1 Å². The zero-order valence-electron chi connectivity index (χ0n) is 14.2. The van der Waals surface area contributed by atoms with Crippen molar-refractivity contribution in [2.75, 3.05) is 13.7 Å². The molecule has 1 atom stereocenters. The number of hydrogen-bond acceptors (Lipinski definition) is 5. The van der Waals surface area contributed by atoms with E-state index in [0.29, 0.717) is 23.1 Å². The maximum absolute atomic E-state index is 11.9. The second-order valence-corrected chi connectivity index (χ2v) is 6.58. The number of halogens is 1. The molecule has 1 unspecified atom stereocenters. The molecule has 3 N–H and O–H groups in total. The van der Waals surface area contributed by atoms with Crippen molar-refractivity contribution in [3.63, 3.8) is 0 Å². The van der Waals surface area contributed by atoms with Crippen LogP contribution in [0.15, 0.2) is 30.6 Å². The van der Waals surface area contributed by atoms with Crippen LogP contribution in [0.1, 0.15) is 12.1 Å². The quantitative estimate of drug-likeness (QED) is 0.640. The number of hydrogen-bond donors (Lipinski definition) is 3. The third-order valence-corrected chi connectivity index (χ3v) is 4.78. The molecule has 0 aliphatic carbocycles. The minimum atomic E-state index is -0.0610. The summed E-state index contributed by atoms with van der Waals surface area (Å²) < 4.78 is 5.03. The van der Waals surface area contributed by atoms with Gasteiger partial charge in [0.25, 0.3) is 0 Å². The summed E-state index contributed by atoms with van der Waals surface area (Å²) in [5.74, 6) is 0.479. The number of rotatable bonds is 5. The average Bonchev–Trinajstić information content (AvgIpc) is 2.99. The Labute approximate surface area is 155 Å². The molecule has 1 aliphatic heterocycles. The predicted octanol–water partition coefficient (Wildman–Crippen LogP) is 2.26. The Bertz CT molecular complexity index is 950. The van der Waals surface area contributed by atoms with Gasteiger partial charge in [-0.1, -0.05) is 11.6 Å². The SMILES string of the molecule is COc1cnc(-c2cc3[nH]c(CNC(=O)C4CCN4)cc3cc2Cl)cn1. The zero-order valence-corrected chi connectivity index (χ0v) is 14.9. The summed E-state index contributed by atoms with van der Waals surface area (Å²) in [5.41, 5.74) is 3.29. The summed E-state index contributed by atoms with van der Waals surface area (Å²) in [5, 5.41) is 7.59. The smallest absolute Gasteiger partial charge is 0.237 e. The standard InChI is InChI=1S/C18H18ClN5O2/c1-26-17-9-21-16(8-22-17)12-6-15-10(5-13(12)19)4-11(24-15)7-23-18(25)14-2-3-20-14/h4-6,8-9,14,20,24H,2-3,7H2,1H3,(H,23,25). The second kappa shape index (κ2) is 6.93. The van der Waals surface area contributed by atoms with E-state index in [2.05, 4.69) is 25.6 Å². The first kappa shape index (κ1) is 16.8. The van der Waals surface area contributed by atoms with E-state index in [4.69, 9.17) is 16.3 Å². The van der Waals surface area contributed by atoms with Crippen molar-refractivity contribution in [2.45, 2.75) is 19.0 Å². The van der Waals surface area contributed by atoms with Crippen molar-refractivity contribution in [3.05, 3.63) is 41.3 Å². The number of benzene rings is 1. The number of aromatic amines is 1. The summed E-state index contributed by atoms with van der Waals surface area (Å²) in [6.45, 7) is 1.35. The summed E-state index contributed by atoms with van der Waals surface area (Å²) in [6.07, 6.45) is 4.07.